The lowest BCUT2D eigenvalue weighted by Crippen LogP contribution is -2.18. The van der Waals surface area contributed by atoms with Crippen molar-refractivity contribution in [3.8, 4) is 11.5 Å². The number of aromatic nitrogens is 1. The molecule has 10 heteroatoms. The van der Waals surface area contributed by atoms with Gasteiger partial charge in [-0.3, -0.25) is 19.7 Å². The van der Waals surface area contributed by atoms with Gasteiger partial charge in [0.1, 0.15) is 11.5 Å². The molecule has 3 aromatic heterocycles. The van der Waals surface area contributed by atoms with Crippen LogP contribution in [0.3, 0.4) is 0 Å². The Bertz CT molecular complexity index is 1260. The van der Waals surface area contributed by atoms with Crippen LogP contribution in [0, 0.1) is 0 Å². The quantitative estimate of drug-likeness (QED) is 0.368. The Morgan fingerprint density at radius 3 is 2.59 bits per heavy atom. The van der Waals surface area contributed by atoms with Gasteiger partial charge in [0.15, 0.2) is 10.9 Å². The first kappa shape index (κ1) is 21.5. The van der Waals surface area contributed by atoms with Crippen LogP contribution in [0.2, 0.25) is 0 Å². The van der Waals surface area contributed by atoms with Gasteiger partial charge in [-0.15, -0.1) is 22.7 Å². The Hall–Kier alpha value is -3.76. The summed E-state index contributed by atoms with van der Waals surface area (Å²) < 4.78 is 5.69. The van der Waals surface area contributed by atoms with Crippen LogP contribution in [0.25, 0.3) is 11.5 Å². The maximum absolute atomic E-state index is 12.8. The number of nitrogens with zero attached hydrogens (tertiary/aromatic N) is 1. The minimum Gasteiger partial charge on any atom is -0.458 e. The van der Waals surface area contributed by atoms with Crippen LogP contribution in [0.4, 0.5) is 10.8 Å². The lowest BCUT2D eigenvalue weighted by molar-refractivity contribution is -0.119. The molecule has 32 heavy (non-hydrogen) atoms. The molecule has 0 saturated carbocycles. The van der Waals surface area contributed by atoms with Crippen LogP contribution in [0.5, 0.6) is 0 Å². The number of hydrogen-bond donors (Lipinski definition) is 3. The second kappa shape index (κ2) is 9.58. The van der Waals surface area contributed by atoms with Gasteiger partial charge in [-0.25, -0.2) is 4.98 Å². The first-order valence-electron chi connectivity index (χ1n) is 9.54. The number of rotatable bonds is 7. The normalized spacial score (nSPS) is 10.5. The van der Waals surface area contributed by atoms with E-state index < -0.39 is 5.91 Å². The molecule has 0 spiro atoms. The summed E-state index contributed by atoms with van der Waals surface area (Å²) in [6.45, 7) is 1.72. The average Bonchev–Trinajstić information content (AvgIpc) is 3.53. The minimum absolute atomic E-state index is 0.145. The molecule has 8 nitrogen and oxygen atoms in total. The third-order valence-electron chi connectivity index (χ3n) is 4.32. The maximum atomic E-state index is 12.8. The van der Waals surface area contributed by atoms with Crippen molar-refractivity contribution in [1.29, 1.82) is 0 Å². The fourth-order valence-corrected chi connectivity index (χ4v) is 4.13. The van der Waals surface area contributed by atoms with Gasteiger partial charge in [0.25, 0.3) is 11.8 Å². The Balaban J connectivity index is 1.45. The SMILES string of the molecule is CC(=O)NCc1ccc(-c2csc(NC(=O)c3ccccc3NC(=O)c3cccs3)n2)o1. The molecule has 4 aromatic rings. The van der Waals surface area contributed by atoms with E-state index in [-0.39, 0.29) is 18.4 Å². The van der Waals surface area contributed by atoms with Crippen LogP contribution in [0.15, 0.2) is 63.7 Å². The van der Waals surface area contributed by atoms with Crippen molar-refractivity contribution >= 4 is 51.2 Å². The second-order valence-electron chi connectivity index (χ2n) is 6.64. The highest BCUT2D eigenvalue weighted by molar-refractivity contribution is 7.14. The molecule has 0 aliphatic carbocycles. The topological polar surface area (TPSA) is 113 Å². The fraction of sp³-hybridized carbons (Fsp3) is 0.0909. The molecule has 0 aliphatic heterocycles. The summed E-state index contributed by atoms with van der Waals surface area (Å²) in [6, 6.07) is 13.8. The van der Waals surface area contributed by atoms with E-state index in [1.807, 2.05) is 5.38 Å². The first-order chi connectivity index (χ1) is 15.5. The Labute approximate surface area is 191 Å². The first-order valence-corrected chi connectivity index (χ1v) is 11.3. The number of hydrogen-bond acceptors (Lipinski definition) is 7. The van der Waals surface area contributed by atoms with Gasteiger partial charge >= 0.3 is 0 Å². The summed E-state index contributed by atoms with van der Waals surface area (Å²) in [5.41, 5.74) is 1.30. The van der Waals surface area contributed by atoms with E-state index in [1.54, 1.807) is 53.9 Å². The van der Waals surface area contributed by atoms with Crippen LogP contribution in [-0.2, 0) is 11.3 Å². The lowest BCUT2D eigenvalue weighted by Gasteiger charge is -2.09. The molecule has 0 saturated heterocycles. The average molecular weight is 467 g/mol. The molecule has 0 bridgehead atoms. The highest BCUT2D eigenvalue weighted by atomic mass is 32.1. The Morgan fingerprint density at radius 1 is 0.969 bits per heavy atom. The zero-order valence-electron chi connectivity index (χ0n) is 16.9. The maximum Gasteiger partial charge on any atom is 0.265 e. The van der Waals surface area contributed by atoms with E-state index in [0.717, 1.165) is 0 Å². The van der Waals surface area contributed by atoms with Crippen molar-refractivity contribution in [3.05, 3.63) is 75.5 Å². The molecule has 3 heterocycles. The Kier molecular flexibility index (Phi) is 6.43. The van der Waals surface area contributed by atoms with E-state index in [2.05, 4.69) is 20.9 Å². The fourth-order valence-electron chi connectivity index (χ4n) is 2.81. The monoisotopic (exact) mass is 466 g/mol. The van der Waals surface area contributed by atoms with Crippen LogP contribution in [-0.4, -0.2) is 22.7 Å². The largest absolute Gasteiger partial charge is 0.458 e. The molecular formula is C22H18N4O4S2. The highest BCUT2D eigenvalue weighted by Crippen LogP contribution is 2.27. The van der Waals surface area contributed by atoms with E-state index >= 15 is 0 Å². The predicted octanol–water partition coefficient (Wildman–Crippen LogP) is 4.61. The number of nitrogens with one attached hydrogen (secondary N) is 3. The molecular weight excluding hydrogens is 448 g/mol. The van der Waals surface area contributed by atoms with Crippen molar-refractivity contribution < 1.29 is 18.8 Å². The van der Waals surface area contributed by atoms with Gasteiger partial charge in [0.05, 0.1) is 22.7 Å². The van der Waals surface area contributed by atoms with E-state index in [0.29, 0.717) is 38.5 Å². The lowest BCUT2D eigenvalue weighted by atomic mass is 10.1. The number of para-hydroxylation sites is 1. The van der Waals surface area contributed by atoms with Gasteiger partial charge in [-0.2, -0.15) is 0 Å². The third-order valence-corrected chi connectivity index (χ3v) is 5.94. The smallest absolute Gasteiger partial charge is 0.265 e. The molecule has 0 atom stereocenters. The molecule has 4 rings (SSSR count). The van der Waals surface area contributed by atoms with Crippen molar-refractivity contribution in [2.24, 2.45) is 0 Å². The molecule has 3 amide bonds. The van der Waals surface area contributed by atoms with E-state index in [4.69, 9.17) is 4.42 Å². The van der Waals surface area contributed by atoms with Crippen LogP contribution < -0.4 is 16.0 Å². The van der Waals surface area contributed by atoms with Crippen LogP contribution in [0.1, 0.15) is 32.7 Å². The van der Waals surface area contributed by atoms with Gasteiger partial charge in [-0.05, 0) is 35.7 Å². The molecule has 0 fully saturated rings. The summed E-state index contributed by atoms with van der Waals surface area (Å²) in [7, 11) is 0. The summed E-state index contributed by atoms with van der Waals surface area (Å²) in [5, 5.41) is 12.2. The van der Waals surface area contributed by atoms with Crippen molar-refractivity contribution in [2.75, 3.05) is 10.6 Å². The molecule has 3 N–H and O–H groups in total. The summed E-state index contributed by atoms with van der Waals surface area (Å²) >= 11 is 2.58. The van der Waals surface area contributed by atoms with E-state index in [9.17, 15) is 14.4 Å². The molecule has 0 unspecified atom stereocenters. The second-order valence-corrected chi connectivity index (χ2v) is 8.45. The highest BCUT2D eigenvalue weighted by Gasteiger charge is 2.17. The number of anilines is 2. The molecule has 1 aromatic carbocycles. The van der Waals surface area contributed by atoms with Crippen molar-refractivity contribution in [2.45, 2.75) is 13.5 Å². The van der Waals surface area contributed by atoms with Crippen molar-refractivity contribution in [3.63, 3.8) is 0 Å². The summed E-state index contributed by atoms with van der Waals surface area (Å²) in [4.78, 5) is 41.2. The number of thiazole rings is 1. The van der Waals surface area contributed by atoms with Crippen molar-refractivity contribution in [1.82, 2.24) is 10.3 Å². The standard InChI is InChI=1S/C22H18N4O4S2/c1-13(27)23-11-14-8-9-18(30-14)17-12-32-22(25-17)26-20(28)15-5-2-3-6-16(15)24-21(29)19-7-4-10-31-19/h2-10,12H,11H2,1H3,(H,23,27)(H,24,29)(H,25,26,28). The molecule has 0 radical (unpaired) electrons. The van der Waals surface area contributed by atoms with Crippen LogP contribution >= 0.6 is 22.7 Å². The number of carbonyl (C=O) groups is 3. The van der Waals surface area contributed by atoms with Gasteiger partial charge in [0, 0.05) is 12.3 Å². The number of amides is 3. The predicted molar refractivity (Wildman–Crippen MR) is 124 cm³/mol. The van der Waals surface area contributed by atoms with Gasteiger partial charge < -0.3 is 15.1 Å². The number of thiophene rings is 1. The molecule has 162 valence electrons. The Morgan fingerprint density at radius 2 is 1.81 bits per heavy atom. The molecule has 0 aliphatic rings. The minimum atomic E-state index is -0.390. The van der Waals surface area contributed by atoms with Gasteiger partial charge in [-0.1, -0.05) is 18.2 Å². The van der Waals surface area contributed by atoms with Gasteiger partial charge in [0.2, 0.25) is 5.91 Å². The summed E-state index contributed by atoms with van der Waals surface area (Å²) in [5.74, 6) is 0.326. The third kappa shape index (κ3) is 5.10. The number of carbonyl (C=O) groups excluding carboxylic acids is 3. The van der Waals surface area contributed by atoms with E-state index in [1.165, 1.54) is 29.6 Å². The zero-order chi connectivity index (χ0) is 22.5. The number of furan rings is 1. The summed E-state index contributed by atoms with van der Waals surface area (Å²) in [6.07, 6.45) is 0. The zero-order valence-corrected chi connectivity index (χ0v) is 18.5. The number of benzene rings is 1.